The lowest BCUT2D eigenvalue weighted by atomic mass is 10.0. The smallest absolute Gasteiger partial charge is 0.261 e. The van der Waals surface area contributed by atoms with Gasteiger partial charge in [-0.15, -0.1) is 0 Å². The summed E-state index contributed by atoms with van der Waals surface area (Å²) in [6.07, 6.45) is -0.542. The minimum atomic E-state index is -0.542. The third-order valence-electron chi connectivity index (χ3n) is 5.49. The predicted molar refractivity (Wildman–Crippen MR) is 119 cm³/mol. The molecule has 2 aromatic rings. The molecule has 1 heterocycles. The molecule has 0 aromatic heterocycles. The number of anilines is 1. The molecule has 1 fully saturated rings. The average molecular weight is 396 g/mol. The van der Waals surface area contributed by atoms with Crippen LogP contribution < -0.4 is 15.0 Å². The van der Waals surface area contributed by atoms with Crippen LogP contribution in [0.4, 0.5) is 5.69 Å². The van der Waals surface area contributed by atoms with Gasteiger partial charge in [0.15, 0.2) is 6.10 Å². The van der Waals surface area contributed by atoms with Crippen LogP contribution in [0.5, 0.6) is 5.75 Å². The van der Waals surface area contributed by atoms with E-state index >= 15 is 0 Å². The quantitative estimate of drug-likeness (QED) is 0.777. The van der Waals surface area contributed by atoms with Crippen LogP contribution in [0.2, 0.25) is 0 Å². The first kappa shape index (κ1) is 21.2. The Labute approximate surface area is 174 Å². The van der Waals surface area contributed by atoms with E-state index in [1.165, 1.54) is 5.69 Å². The average Bonchev–Trinajstić information content (AvgIpc) is 2.73. The second-order valence-corrected chi connectivity index (χ2v) is 8.13. The van der Waals surface area contributed by atoms with Crippen molar-refractivity contribution in [1.82, 2.24) is 10.2 Å². The molecule has 0 aliphatic carbocycles. The van der Waals surface area contributed by atoms with Gasteiger partial charge in [-0.05, 0) is 49.2 Å². The summed E-state index contributed by atoms with van der Waals surface area (Å²) >= 11 is 0. The van der Waals surface area contributed by atoms with Crippen LogP contribution in [-0.2, 0) is 11.3 Å². The SMILES string of the molecule is CC(C)c1ccccc1O[C@@H](C)C(=O)NCc1ccc(N2CCN(C)CC2)cc1. The number of hydrogen-bond donors (Lipinski definition) is 1. The second-order valence-electron chi connectivity index (χ2n) is 8.13. The van der Waals surface area contributed by atoms with Gasteiger partial charge in [0.05, 0.1) is 0 Å². The van der Waals surface area contributed by atoms with E-state index in [0.717, 1.165) is 43.1 Å². The maximum absolute atomic E-state index is 12.5. The maximum atomic E-state index is 12.5. The molecule has 5 nitrogen and oxygen atoms in total. The molecule has 29 heavy (non-hydrogen) atoms. The van der Waals surface area contributed by atoms with E-state index in [1.807, 2.05) is 24.3 Å². The lowest BCUT2D eigenvalue weighted by Gasteiger charge is -2.34. The van der Waals surface area contributed by atoms with Gasteiger partial charge < -0.3 is 19.9 Å². The summed E-state index contributed by atoms with van der Waals surface area (Å²) < 4.78 is 5.94. The Bertz CT molecular complexity index is 796. The standard InChI is InChI=1S/C24H33N3O2/c1-18(2)22-7-5-6-8-23(22)29-19(3)24(28)25-17-20-9-11-21(12-10-20)27-15-13-26(4)14-16-27/h5-12,18-19H,13-17H2,1-4H3,(H,25,28)/t19-/m0/s1. The number of amides is 1. The number of carbonyl (C=O) groups is 1. The van der Waals surface area contributed by atoms with Crippen LogP contribution in [0.15, 0.2) is 48.5 Å². The zero-order valence-electron chi connectivity index (χ0n) is 18.0. The first-order valence-electron chi connectivity index (χ1n) is 10.5. The van der Waals surface area contributed by atoms with Crippen LogP contribution in [0.25, 0.3) is 0 Å². The summed E-state index contributed by atoms with van der Waals surface area (Å²) in [7, 11) is 2.16. The van der Waals surface area contributed by atoms with E-state index in [9.17, 15) is 4.79 Å². The minimum Gasteiger partial charge on any atom is -0.481 e. The Kier molecular flexibility index (Phi) is 7.15. The third-order valence-corrected chi connectivity index (χ3v) is 5.49. The summed E-state index contributed by atoms with van der Waals surface area (Å²) in [5.41, 5.74) is 3.45. The molecule has 0 spiro atoms. The topological polar surface area (TPSA) is 44.8 Å². The number of benzene rings is 2. The van der Waals surface area contributed by atoms with Crippen LogP contribution >= 0.6 is 0 Å². The highest BCUT2D eigenvalue weighted by atomic mass is 16.5. The Morgan fingerprint density at radius 1 is 1.00 bits per heavy atom. The van der Waals surface area contributed by atoms with E-state index in [-0.39, 0.29) is 5.91 Å². The van der Waals surface area contributed by atoms with E-state index in [1.54, 1.807) is 6.92 Å². The molecule has 1 aliphatic rings. The van der Waals surface area contributed by atoms with Crippen molar-refractivity contribution in [3.63, 3.8) is 0 Å². The molecule has 0 saturated carbocycles. The van der Waals surface area contributed by atoms with Gasteiger partial charge in [0.1, 0.15) is 5.75 Å². The third kappa shape index (κ3) is 5.73. The molecule has 3 rings (SSSR count). The Morgan fingerprint density at radius 2 is 1.66 bits per heavy atom. The summed E-state index contributed by atoms with van der Waals surface area (Å²) in [5.74, 6) is 1.02. The predicted octanol–water partition coefficient (Wildman–Crippen LogP) is 3.65. The minimum absolute atomic E-state index is 0.105. The fourth-order valence-electron chi connectivity index (χ4n) is 3.53. The second kappa shape index (κ2) is 9.79. The summed E-state index contributed by atoms with van der Waals surface area (Å²) in [6, 6.07) is 16.4. The van der Waals surface area contributed by atoms with Gasteiger partial charge in [0.2, 0.25) is 0 Å². The molecule has 156 valence electrons. The zero-order chi connectivity index (χ0) is 20.8. The number of nitrogens with one attached hydrogen (secondary N) is 1. The number of likely N-dealkylation sites (N-methyl/N-ethyl adjacent to an activating group) is 1. The molecule has 0 bridgehead atoms. The van der Waals surface area contributed by atoms with E-state index in [0.29, 0.717) is 12.5 Å². The first-order valence-corrected chi connectivity index (χ1v) is 10.5. The molecule has 1 N–H and O–H groups in total. The van der Waals surface area contributed by atoms with E-state index in [4.69, 9.17) is 4.74 Å². The Hall–Kier alpha value is -2.53. The van der Waals surface area contributed by atoms with Gasteiger partial charge in [-0.25, -0.2) is 0 Å². The van der Waals surface area contributed by atoms with Crippen molar-refractivity contribution < 1.29 is 9.53 Å². The van der Waals surface area contributed by atoms with Crippen LogP contribution in [0, 0.1) is 0 Å². The van der Waals surface area contributed by atoms with Gasteiger partial charge >= 0.3 is 0 Å². The van der Waals surface area contributed by atoms with Gasteiger partial charge in [-0.3, -0.25) is 4.79 Å². The Balaban J connectivity index is 1.51. The van der Waals surface area contributed by atoms with Gasteiger partial charge in [-0.1, -0.05) is 44.2 Å². The normalized spacial score (nSPS) is 16.0. The number of carbonyl (C=O) groups excluding carboxylic acids is 1. The van der Waals surface area contributed by atoms with E-state index < -0.39 is 6.10 Å². The number of rotatable bonds is 7. The van der Waals surface area contributed by atoms with Crippen molar-refractivity contribution in [3.05, 3.63) is 59.7 Å². The van der Waals surface area contributed by atoms with Crippen molar-refractivity contribution in [3.8, 4) is 5.75 Å². The Morgan fingerprint density at radius 3 is 2.31 bits per heavy atom. The summed E-state index contributed by atoms with van der Waals surface area (Å²) in [5, 5.41) is 2.99. The van der Waals surface area contributed by atoms with Crippen molar-refractivity contribution in [2.45, 2.75) is 39.3 Å². The van der Waals surface area contributed by atoms with Crippen LogP contribution in [-0.4, -0.2) is 50.1 Å². The fourth-order valence-corrected chi connectivity index (χ4v) is 3.53. The molecule has 1 atom stereocenters. The van der Waals surface area contributed by atoms with Crippen LogP contribution in [0.1, 0.15) is 37.8 Å². The molecule has 5 heteroatoms. The summed E-state index contributed by atoms with van der Waals surface area (Å²) in [6.45, 7) is 10.8. The number of ether oxygens (including phenoxy) is 1. The lowest BCUT2D eigenvalue weighted by molar-refractivity contribution is -0.127. The summed E-state index contributed by atoms with van der Waals surface area (Å²) in [4.78, 5) is 17.3. The van der Waals surface area contributed by atoms with Gasteiger partial charge in [0.25, 0.3) is 5.91 Å². The van der Waals surface area contributed by atoms with Gasteiger partial charge in [0, 0.05) is 38.4 Å². The molecular formula is C24H33N3O2. The molecule has 0 radical (unpaired) electrons. The highest BCUT2D eigenvalue weighted by Gasteiger charge is 2.17. The highest BCUT2D eigenvalue weighted by molar-refractivity contribution is 5.80. The molecule has 2 aromatic carbocycles. The zero-order valence-corrected chi connectivity index (χ0v) is 18.0. The highest BCUT2D eigenvalue weighted by Crippen LogP contribution is 2.26. The number of hydrogen-bond acceptors (Lipinski definition) is 4. The lowest BCUT2D eigenvalue weighted by Crippen LogP contribution is -2.44. The van der Waals surface area contributed by atoms with Crippen molar-refractivity contribution >= 4 is 11.6 Å². The molecular weight excluding hydrogens is 362 g/mol. The molecule has 1 saturated heterocycles. The fraction of sp³-hybridized carbons (Fsp3) is 0.458. The number of para-hydroxylation sites is 1. The maximum Gasteiger partial charge on any atom is 0.261 e. The molecule has 1 aliphatic heterocycles. The van der Waals surface area contributed by atoms with Crippen molar-refractivity contribution in [2.75, 3.05) is 38.1 Å². The largest absolute Gasteiger partial charge is 0.481 e. The van der Waals surface area contributed by atoms with Gasteiger partial charge in [-0.2, -0.15) is 0 Å². The van der Waals surface area contributed by atoms with Crippen molar-refractivity contribution in [2.24, 2.45) is 0 Å². The molecule has 1 amide bonds. The number of piperazine rings is 1. The first-order chi connectivity index (χ1) is 13.9. The monoisotopic (exact) mass is 395 g/mol. The van der Waals surface area contributed by atoms with Crippen molar-refractivity contribution in [1.29, 1.82) is 0 Å². The molecule has 0 unspecified atom stereocenters. The number of nitrogens with zero attached hydrogens (tertiary/aromatic N) is 2. The van der Waals surface area contributed by atoms with E-state index in [2.05, 4.69) is 60.3 Å². The van der Waals surface area contributed by atoms with Crippen LogP contribution in [0.3, 0.4) is 0 Å².